The summed E-state index contributed by atoms with van der Waals surface area (Å²) in [5.74, 6) is -1.11. The number of hydrogen-bond acceptors (Lipinski definition) is 3. The number of rotatable bonds is 4. The smallest absolute Gasteiger partial charge is 0.303 e. The van der Waals surface area contributed by atoms with Crippen LogP contribution in [0.3, 0.4) is 0 Å². The molecule has 0 bridgehead atoms. The maximum absolute atomic E-state index is 11.6. The molecule has 4 nitrogen and oxygen atoms in total. The van der Waals surface area contributed by atoms with Crippen LogP contribution in [-0.2, 0) is 9.59 Å². The zero-order valence-electron chi connectivity index (χ0n) is 8.69. The molecule has 1 aromatic rings. The lowest BCUT2D eigenvalue weighted by Gasteiger charge is -2.15. The second-order valence-electron chi connectivity index (χ2n) is 3.26. The third-order valence-corrected chi connectivity index (χ3v) is 3.16. The van der Waals surface area contributed by atoms with E-state index in [9.17, 15) is 9.59 Å². The van der Waals surface area contributed by atoms with E-state index in [4.69, 9.17) is 5.11 Å². The van der Waals surface area contributed by atoms with Gasteiger partial charge in [-0.2, -0.15) is 0 Å². The molecule has 0 unspecified atom stereocenters. The van der Waals surface area contributed by atoms with Crippen molar-refractivity contribution in [2.45, 2.75) is 19.8 Å². The van der Waals surface area contributed by atoms with E-state index in [2.05, 4.69) is 0 Å². The monoisotopic (exact) mass is 227 g/mol. The van der Waals surface area contributed by atoms with Gasteiger partial charge in [-0.15, -0.1) is 11.3 Å². The van der Waals surface area contributed by atoms with Crippen LogP contribution in [0.25, 0.3) is 0 Å². The van der Waals surface area contributed by atoms with Crippen LogP contribution < -0.4 is 4.90 Å². The zero-order chi connectivity index (χ0) is 11.4. The molecule has 0 spiro atoms. The number of carboxylic acid groups (broad SMARTS) is 1. The third kappa shape index (κ3) is 3.06. The Morgan fingerprint density at radius 2 is 2.13 bits per heavy atom. The van der Waals surface area contributed by atoms with Crippen molar-refractivity contribution in [2.24, 2.45) is 0 Å². The number of aliphatic carboxylic acids is 1. The first-order valence-electron chi connectivity index (χ1n) is 4.55. The van der Waals surface area contributed by atoms with Crippen LogP contribution in [0, 0.1) is 6.92 Å². The first-order valence-corrected chi connectivity index (χ1v) is 5.42. The molecule has 0 fully saturated rings. The van der Waals surface area contributed by atoms with Gasteiger partial charge in [0.2, 0.25) is 5.91 Å². The van der Waals surface area contributed by atoms with E-state index in [0.29, 0.717) is 0 Å². The highest BCUT2D eigenvalue weighted by atomic mass is 32.1. The fraction of sp³-hybridized carbons (Fsp3) is 0.400. The lowest BCUT2D eigenvalue weighted by atomic mass is 10.2. The van der Waals surface area contributed by atoms with E-state index >= 15 is 0 Å². The summed E-state index contributed by atoms with van der Waals surface area (Å²) in [5, 5.41) is 11.2. The van der Waals surface area contributed by atoms with Gasteiger partial charge < -0.3 is 10.0 Å². The van der Waals surface area contributed by atoms with Crippen molar-refractivity contribution < 1.29 is 14.7 Å². The number of amides is 1. The van der Waals surface area contributed by atoms with Gasteiger partial charge in [0.25, 0.3) is 0 Å². The molecule has 1 N–H and O–H groups in total. The highest BCUT2D eigenvalue weighted by Gasteiger charge is 2.14. The van der Waals surface area contributed by atoms with Gasteiger partial charge in [0.1, 0.15) is 5.00 Å². The van der Waals surface area contributed by atoms with Crippen LogP contribution in [0.1, 0.15) is 18.4 Å². The highest BCUT2D eigenvalue weighted by molar-refractivity contribution is 7.14. The Hall–Kier alpha value is -1.36. The molecular weight excluding hydrogens is 214 g/mol. The normalized spacial score (nSPS) is 10.0. The first kappa shape index (κ1) is 11.7. The molecule has 1 amide bonds. The number of nitrogens with zero attached hydrogens (tertiary/aromatic N) is 1. The van der Waals surface area contributed by atoms with Gasteiger partial charge in [-0.05, 0) is 23.9 Å². The Morgan fingerprint density at radius 3 is 2.60 bits per heavy atom. The number of thiophene rings is 1. The SMILES string of the molecule is Cc1ccsc1N(C)C(=O)CCC(=O)O. The van der Waals surface area contributed by atoms with Gasteiger partial charge in [-0.1, -0.05) is 0 Å². The van der Waals surface area contributed by atoms with E-state index in [1.54, 1.807) is 7.05 Å². The summed E-state index contributed by atoms with van der Waals surface area (Å²) >= 11 is 1.48. The molecule has 5 heteroatoms. The molecule has 0 aliphatic carbocycles. The van der Waals surface area contributed by atoms with Gasteiger partial charge in [0, 0.05) is 13.5 Å². The maximum Gasteiger partial charge on any atom is 0.303 e. The predicted octanol–water partition coefficient (Wildman–Crippen LogP) is 1.88. The topological polar surface area (TPSA) is 57.6 Å². The second kappa shape index (κ2) is 4.93. The number of carbonyl (C=O) groups is 2. The molecule has 1 rings (SSSR count). The van der Waals surface area contributed by atoms with Crippen LogP contribution in [0.5, 0.6) is 0 Å². The largest absolute Gasteiger partial charge is 0.481 e. The third-order valence-electron chi connectivity index (χ3n) is 2.07. The predicted molar refractivity (Wildman–Crippen MR) is 59.3 cm³/mol. The molecule has 0 saturated carbocycles. The number of carboxylic acids is 1. The Balaban J connectivity index is 2.61. The zero-order valence-corrected chi connectivity index (χ0v) is 9.50. The van der Waals surface area contributed by atoms with Gasteiger partial charge in [-0.3, -0.25) is 9.59 Å². The molecule has 15 heavy (non-hydrogen) atoms. The van der Waals surface area contributed by atoms with Crippen LogP contribution >= 0.6 is 11.3 Å². The van der Waals surface area contributed by atoms with Crippen LogP contribution in [0.15, 0.2) is 11.4 Å². The van der Waals surface area contributed by atoms with E-state index in [0.717, 1.165) is 10.6 Å². The minimum Gasteiger partial charge on any atom is -0.481 e. The minimum absolute atomic E-state index is 0.0448. The van der Waals surface area contributed by atoms with Crippen molar-refractivity contribution in [1.29, 1.82) is 0 Å². The summed E-state index contributed by atoms with van der Waals surface area (Å²) < 4.78 is 0. The molecule has 82 valence electrons. The summed E-state index contributed by atoms with van der Waals surface area (Å²) in [4.78, 5) is 23.4. The van der Waals surface area contributed by atoms with Crippen molar-refractivity contribution >= 4 is 28.2 Å². The van der Waals surface area contributed by atoms with E-state index in [1.807, 2.05) is 18.4 Å². The summed E-state index contributed by atoms with van der Waals surface area (Å²) in [6.07, 6.45) is -0.0726. The van der Waals surface area contributed by atoms with Crippen molar-refractivity contribution in [3.63, 3.8) is 0 Å². The lowest BCUT2D eigenvalue weighted by molar-refractivity contribution is -0.138. The fourth-order valence-corrected chi connectivity index (χ4v) is 2.12. The number of hydrogen-bond donors (Lipinski definition) is 1. The molecule has 0 aromatic carbocycles. The molecule has 0 aliphatic rings. The van der Waals surface area contributed by atoms with E-state index in [1.165, 1.54) is 16.2 Å². The van der Waals surface area contributed by atoms with Crippen LogP contribution in [-0.4, -0.2) is 24.0 Å². The molecular formula is C10H13NO3S. The van der Waals surface area contributed by atoms with Crippen molar-refractivity contribution in [2.75, 3.05) is 11.9 Å². The number of anilines is 1. The van der Waals surface area contributed by atoms with Gasteiger partial charge in [-0.25, -0.2) is 0 Å². The van der Waals surface area contributed by atoms with Crippen molar-refractivity contribution in [3.8, 4) is 0 Å². The molecule has 0 radical (unpaired) electrons. The first-order chi connectivity index (χ1) is 7.02. The summed E-state index contributed by atoms with van der Waals surface area (Å²) in [5.41, 5.74) is 1.03. The highest BCUT2D eigenvalue weighted by Crippen LogP contribution is 2.26. The van der Waals surface area contributed by atoms with Crippen LogP contribution in [0.4, 0.5) is 5.00 Å². The quantitative estimate of drug-likeness (QED) is 0.854. The average molecular weight is 227 g/mol. The van der Waals surface area contributed by atoms with Gasteiger partial charge >= 0.3 is 5.97 Å². The van der Waals surface area contributed by atoms with Crippen molar-refractivity contribution in [3.05, 3.63) is 17.0 Å². The Morgan fingerprint density at radius 1 is 1.47 bits per heavy atom. The van der Waals surface area contributed by atoms with Crippen LogP contribution in [0.2, 0.25) is 0 Å². The van der Waals surface area contributed by atoms with Crippen molar-refractivity contribution in [1.82, 2.24) is 0 Å². The Bertz CT molecular complexity index is 372. The minimum atomic E-state index is -0.945. The number of aryl methyl sites for hydroxylation is 1. The van der Waals surface area contributed by atoms with E-state index < -0.39 is 5.97 Å². The Kier molecular flexibility index (Phi) is 3.85. The summed E-state index contributed by atoms with van der Waals surface area (Å²) in [7, 11) is 1.67. The average Bonchev–Trinajstić information content (AvgIpc) is 2.59. The second-order valence-corrected chi connectivity index (χ2v) is 4.15. The molecule has 1 aromatic heterocycles. The van der Waals surface area contributed by atoms with Gasteiger partial charge in [0.05, 0.1) is 6.42 Å². The van der Waals surface area contributed by atoms with Gasteiger partial charge in [0.15, 0.2) is 0 Å². The maximum atomic E-state index is 11.6. The molecule has 1 heterocycles. The number of carbonyl (C=O) groups excluding carboxylic acids is 1. The molecule has 0 aliphatic heterocycles. The fourth-order valence-electron chi connectivity index (χ4n) is 1.20. The summed E-state index contributed by atoms with van der Waals surface area (Å²) in [6.45, 7) is 1.92. The lowest BCUT2D eigenvalue weighted by Crippen LogP contribution is -2.26. The molecule has 0 saturated heterocycles. The summed E-state index contributed by atoms with van der Waals surface area (Å²) in [6, 6.07) is 1.93. The molecule has 0 atom stereocenters. The standard InChI is InChI=1S/C10H13NO3S/c1-7-5-6-15-10(7)11(2)8(12)3-4-9(13)14/h5-6H,3-4H2,1-2H3,(H,13,14). The van der Waals surface area contributed by atoms with E-state index in [-0.39, 0.29) is 18.7 Å². The Labute approximate surface area is 92.1 Å².